The summed E-state index contributed by atoms with van der Waals surface area (Å²) in [7, 11) is 3.31. The number of urea groups is 1. The Morgan fingerprint density at radius 2 is 1.79 bits per heavy atom. The molecule has 6 nitrogen and oxygen atoms in total. The third kappa shape index (κ3) is 5.54. The lowest BCUT2D eigenvalue weighted by molar-refractivity contribution is -0.129. The highest BCUT2D eigenvalue weighted by Gasteiger charge is 2.40. The minimum atomic E-state index is -0.271. The van der Waals surface area contributed by atoms with E-state index < -0.39 is 0 Å². The molecule has 0 radical (unpaired) electrons. The number of hydrogen-bond donors (Lipinski definition) is 1. The van der Waals surface area contributed by atoms with E-state index in [9.17, 15) is 14.0 Å². The van der Waals surface area contributed by atoms with Crippen LogP contribution in [0, 0.1) is 5.82 Å². The van der Waals surface area contributed by atoms with Crippen LogP contribution in [-0.4, -0.2) is 65.9 Å². The van der Waals surface area contributed by atoms with E-state index in [4.69, 9.17) is 11.6 Å². The van der Waals surface area contributed by atoms with Crippen molar-refractivity contribution in [2.45, 2.75) is 31.5 Å². The molecule has 2 bridgehead atoms. The number of carbonyl (C=O) groups excluding carboxylic acids is 2. The second-order valence-corrected chi connectivity index (χ2v) is 9.25. The predicted molar refractivity (Wildman–Crippen MR) is 129 cm³/mol. The predicted octanol–water partition coefficient (Wildman–Crippen LogP) is 4.46. The molecule has 3 amide bonds. The number of rotatable bonds is 5. The number of nitrogens with one attached hydrogen (secondary N) is 1. The van der Waals surface area contributed by atoms with Gasteiger partial charge >= 0.3 is 6.03 Å². The van der Waals surface area contributed by atoms with Gasteiger partial charge in [0.05, 0.1) is 5.69 Å². The summed E-state index contributed by atoms with van der Waals surface area (Å²) in [6.45, 7) is 2.12. The fourth-order valence-corrected chi connectivity index (χ4v) is 4.68. The minimum absolute atomic E-state index is 0.0480. The Balaban J connectivity index is 1.41. The standard InChI is InChI=1S/C25H28ClFN4O2/c1-29(2)25(33)28-23-13-19(26)7-5-18(23)6-12-24(32)30-15-21-10-11-22(16-30)31(21)14-17-3-8-20(27)9-4-17/h3-9,12-13,21-22H,10-11,14-16H2,1-2H3,(H,28,33)/b12-6+. The van der Waals surface area contributed by atoms with Gasteiger partial charge in [0.25, 0.3) is 0 Å². The molecule has 174 valence electrons. The van der Waals surface area contributed by atoms with Crippen molar-refractivity contribution in [3.05, 3.63) is 70.5 Å². The summed E-state index contributed by atoms with van der Waals surface area (Å²) in [5.74, 6) is -0.276. The van der Waals surface area contributed by atoms with Crippen molar-refractivity contribution in [2.24, 2.45) is 0 Å². The number of amides is 3. The topological polar surface area (TPSA) is 55.9 Å². The molecule has 0 aromatic heterocycles. The molecule has 2 aliphatic rings. The second kappa shape index (κ2) is 9.93. The molecular weight excluding hydrogens is 443 g/mol. The molecule has 2 unspecified atom stereocenters. The van der Waals surface area contributed by atoms with Gasteiger partial charge in [-0.25, -0.2) is 9.18 Å². The first-order valence-corrected chi connectivity index (χ1v) is 11.4. The zero-order valence-electron chi connectivity index (χ0n) is 18.8. The van der Waals surface area contributed by atoms with E-state index in [0.717, 1.165) is 24.9 Å². The molecule has 2 heterocycles. The van der Waals surface area contributed by atoms with Crippen LogP contribution in [0.5, 0.6) is 0 Å². The molecule has 2 aliphatic heterocycles. The average Bonchev–Trinajstić information content (AvgIpc) is 3.00. The second-order valence-electron chi connectivity index (χ2n) is 8.82. The third-order valence-electron chi connectivity index (χ3n) is 6.29. The highest BCUT2D eigenvalue weighted by molar-refractivity contribution is 6.31. The van der Waals surface area contributed by atoms with Gasteiger partial charge in [0, 0.05) is 56.9 Å². The van der Waals surface area contributed by atoms with Crippen LogP contribution in [0.2, 0.25) is 5.02 Å². The molecule has 2 aromatic rings. The summed E-state index contributed by atoms with van der Waals surface area (Å²) in [6, 6.07) is 12.2. The van der Waals surface area contributed by atoms with Crippen molar-refractivity contribution < 1.29 is 14.0 Å². The quantitative estimate of drug-likeness (QED) is 0.656. The summed E-state index contributed by atoms with van der Waals surface area (Å²) < 4.78 is 13.2. The Bertz CT molecular complexity index is 1040. The maximum absolute atomic E-state index is 13.2. The fourth-order valence-electron chi connectivity index (χ4n) is 4.50. The zero-order chi connectivity index (χ0) is 23.5. The van der Waals surface area contributed by atoms with Gasteiger partial charge in [-0.15, -0.1) is 0 Å². The summed E-state index contributed by atoms with van der Waals surface area (Å²) >= 11 is 6.10. The number of carbonyl (C=O) groups is 2. The van der Waals surface area contributed by atoms with Gasteiger partial charge in [0.15, 0.2) is 0 Å². The fraction of sp³-hybridized carbons (Fsp3) is 0.360. The number of hydrogen-bond acceptors (Lipinski definition) is 3. The molecule has 0 spiro atoms. The highest BCUT2D eigenvalue weighted by atomic mass is 35.5. The first kappa shape index (κ1) is 23.3. The smallest absolute Gasteiger partial charge is 0.321 e. The third-order valence-corrected chi connectivity index (χ3v) is 6.53. The number of benzene rings is 2. The zero-order valence-corrected chi connectivity index (χ0v) is 19.6. The number of anilines is 1. The van der Waals surface area contributed by atoms with E-state index in [1.165, 1.54) is 17.0 Å². The van der Waals surface area contributed by atoms with Crippen molar-refractivity contribution in [3.63, 3.8) is 0 Å². The van der Waals surface area contributed by atoms with Crippen molar-refractivity contribution in [1.29, 1.82) is 0 Å². The monoisotopic (exact) mass is 470 g/mol. The molecule has 2 atom stereocenters. The van der Waals surface area contributed by atoms with Crippen molar-refractivity contribution >= 4 is 35.3 Å². The molecule has 2 saturated heterocycles. The largest absolute Gasteiger partial charge is 0.336 e. The molecule has 4 rings (SSSR count). The lowest BCUT2D eigenvalue weighted by atomic mass is 10.1. The van der Waals surface area contributed by atoms with Crippen LogP contribution in [0.4, 0.5) is 14.9 Å². The molecule has 33 heavy (non-hydrogen) atoms. The maximum atomic E-state index is 13.2. The number of halogens is 2. The van der Waals surface area contributed by atoms with Gasteiger partial charge in [-0.1, -0.05) is 29.8 Å². The first-order chi connectivity index (χ1) is 15.8. The lowest BCUT2D eigenvalue weighted by Crippen LogP contribution is -2.54. The van der Waals surface area contributed by atoms with E-state index in [1.54, 1.807) is 44.4 Å². The van der Waals surface area contributed by atoms with E-state index in [1.807, 2.05) is 17.0 Å². The summed E-state index contributed by atoms with van der Waals surface area (Å²) in [5, 5.41) is 3.31. The van der Waals surface area contributed by atoms with Crippen molar-refractivity contribution in [1.82, 2.24) is 14.7 Å². The van der Waals surface area contributed by atoms with Crippen LogP contribution >= 0.6 is 11.6 Å². The highest BCUT2D eigenvalue weighted by Crippen LogP contribution is 2.32. The Morgan fingerprint density at radius 3 is 2.42 bits per heavy atom. The number of likely N-dealkylation sites (tertiary alicyclic amines) is 1. The maximum Gasteiger partial charge on any atom is 0.321 e. The number of nitrogens with zero attached hydrogens (tertiary/aromatic N) is 3. The van der Waals surface area contributed by atoms with Crippen LogP contribution in [0.25, 0.3) is 6.08 Å². The van der Waals surface area contributed by atoms with Gasteiger partial charge in [-0.05, 0) is 54.3 Å². The summed E-state index contributed by atoms with van der Waals surface area (Å²) in [6.07, 6.45) is 5.38. The Kier molecular flexibility index (Phi) is 7.00. The molecule has 2 fully saturated rings. The molecule has 1 N–H and O–H groups in total. The Labute approximate surface area is 198 Å². The van der Waals surface area contributed by atoms with E-state index in [2.05, 4.69) is 10.2 Å². The van der Waals surface area contributed by atoms with Gasteiger partial charge < -0.3 is 15.1 Å². The van der Waals surface area contributed by atoms with Crippen LogP contribution in [0.1, 0.15) is 24.0 Å². The number of piperazine rings is 1. The van der Waals surface area contributed by atoms with Crippen LogP contribution in [0.3, 0.4) is 0 Å². The first-order valence-electron chi connectivity index (χ1n) is 11.0. The summed E-state index contributed by atoms with van der Waals surface area (Å²) in [5.41, 5.74) is 2.35. The van der Waals surface area contributed by atoms with Gasteiger partial charge in [0.2, 0.25) is 5.91 Å². The van der Waals surface area contributed by atoms with Gasteiger partial charge in [0.1, 0.15) is 5.82 Å². The molecule has 0 saturated carbocycles. The minimum Gasteiger partial charge on any atom is -0.336 e. The molecule has 2 aromatic carbocycles. The van der Waals surface area contributed by atoms with E-state index in [0.29, 0.717) is 41.4 Å². The van der Waals surface area contributed by atoms with Crippen LogP contribution < -0.4 is 5.32 Å². The Morgan fingerprint density at radius 1 is 1.12 bits per heavy atom. The SMILES string of the molecule is CN(C)C(=O)Nc1cc(Cl)ccc1/C=C/C(=O)N1CC2CCC(C1)N2Cc1ccc(F)cc1. The molecular formula is C25H28ClFN4O2. The van der Waals surface area contributed by atoms with Gasteiger partial charge in [-0.3, -0.25) is 9.69 Å². The van der Waals surface area contributed by atoms with Crippen LogP contribution in [0.15, 0.2) is 48.5 Å². The average molecular weight is 471 g/mol. The van der Waals surface area contributed by atoms with Crippen molar-refractivity contribution in [3.8, 4) is 0 Å². The molecule has 8 heteroatoms. The summed E-state index contributed by atoms with van der Waals surface area (Å²) in [4.78, 5) is 30.8. The Hall–Kier alpha value is -2.90. The van der Waals surface area contributed by atoms with Crippen LogP contribution in [-0.2, 0) is 11.3 Å². The van der Waals surface area contributed by atoms with E-state index in [-0.39, 0.29) is 17.8 Å². The van der Waals surface area contributed by atoms with Gasteiger partial charge in [-0.2, -0.15) is 0 Å². The van der Waals surface area contributed by atoms with Crippen molar-refractivity contribution in [2.75, 3.05) is 32.5 Å². The van der Waals surface area contributed by atoms with E-state index >= 15 is 0 Å². The number of fused-ring (bicyclic) bond motifs is 2. The molecule has 0 aliphatic carbocycles. The normalized spacial score (nSPS) is 20.3. The lowest BCUT2D eigenvalue weighted by Gasteiger charge is -2.40.